The van der Waals surface area contributed by atoms with Crippen LogP contribution in [0.3, 0.4) is 0 Å². The van der Waals surface area contributed by atoms with E-state index in [0.717, 1.165) is 17.6 Å². The number of hydrogen-bond donors (Lipinski definition) is 1. The Hall–Kier alpha value is 0.1000. The fourth-order valence-corrected chi connectivity index (χ4v) is 2.82. The highest BCUT2D eigenvalue weighted by atomic mass is 79.9. The number of nitrogens with one attached hydrogen (secondary N) is 1. The quantitative estimate of drug-likeness (QED) is 0.865. The lowest BCUT2D eigenvalue weighted by Crippen LogP contribution is -2.28. The van der Waals surface area contributed by atoms with Crippen LogP contribution in [0.25, 0.3) is 0 Å². The van der Waals surface area contributed by atoms with Crippen molar-refractivity contribution in [3.8, 4) is 0 Å². The first kappa shape index (κ1) is 13.2. The lowest BCUT2D eigenvalue weighted by molar-refractivity contribution is 0.0744. The Morgan fingerprint density at radius 2 is 2.27 bits per heavy atom. The van der Waals surface area contributed by atoms with Crippen molar-refractivity contribution in [3.63, 3.8) is 0 Å². The predicted molar refractivity (Wildman–Crippen MR) is 69.5 cm³/mol. The molecule has 0 saturated carbocycles. The Morgan fingerprint density at radius 3 is 2.80 bits per heavy atom. The summed E-state index contributed by atoms with van der Waals surface area (Å²) in [6.45, 7) is 7.97. The Balaban J connectivity index is 2.33. The Morgan fingerprint density at radius 1 is 1.53 bits per heavy atom. The summed E-state index contributed by atoms with van der Waals surface area (Å²) in [5.74, 6) is 0. The molecule has 15 heavy (non-hydrogen) atoms. The summed E-state index contributed by atoms with van der Waals surface area (Å²) in [5.41, 5.74) is 0. The molecule has 0 spiro atoms. The zero-order valence-corrected chi connectivity index (χ0v) is 11.8. The minimum atomic E-state index is 0.279. The number of thiophene rings is 1. The predicted octanol–water partition coefficient (Wildman–Crippen LogP) is 3.59. The van der Waals surface area contributed by atoms with Crippen LogP contribution in [0, 0.1) is 0 Å². The standard InChI is InChI=1S/C11H18BrNOS/c1-4-14-8(2)6-13-9(3)11-5-10(12)7-15-11/h5,7-9,13H,4,6H2,1-3H3. The second kappa shape index (κ2) is 6.63. The van der Waals surface area contributed by atoms with Crippen LogP contribution in [0.15, 0.2) is 15.9 Å². The van der Waals surface area contributed by atoms with Crippen molar-refractivity contribution in [3.05, 3.63) is 20.8 Å². The van der Waals surface area contributed by atoms with Gasteiger partial charge < -0.3 is 10.1 Å². The van der Waals surface area contributed by atoms with Crippen LogP contribution in [0.2, 0.25) is 0 Å². The number of halogens is 1. The summed E-state index contributed by atoms with van der Waals surface area (Å²) in [4.78, 5) is 1.35. The van der Waals surface area contributed by atoms with Gasteiger partial charge >= 0.3 is 0 Å². The summed E-state index contributed by atoms with van der Waals surface area (Å²) in [7, 11) is 0. The lowest BCUT2D eigenvalue weighted by atomic mass is 10.2. The molecule has 0 amide bonds. The van der Waals surface area contributed by atoms with E-state index >= 15 is 0 Å². The average Bonchev–Trinajstić information content (AvgIpc) is 2.62. The third kappa shape index (κ3) is 4.64. The molecule has 0 aliphatic carbocycles. The molecule has 0 aliphatic heterocycles. The van der Waals surface area contributed by atoms with Gasteiger partial charge in [-0.1, -0.05) is 0 Å². The van der Waals surface area contributed by atoms with Crippen molar-refractivity contribution < 1.29 is 4.74 Å². The highest BCUT2D eigenvalue weighted by molar-refractivity contribution is 9.10. The fraction of sp³-hybridized carbons (Fsp3) is 0.636. The maximum Gasteiger partial charge on any atom is 0.0671 e. The van der Waals surface area contributed by atoms with Gasteiger partial charge in [-0.2, -0.15) is 0 Å². The van der Waals surface area contributed by atoms with Gasteiger partial charge in [-0.05, 0) is 42.8 Å². The molecule has 0 aromatic carbocycles. The van der Waals surface area contributed by atoms with E-state index in [1.54, 1.807) is 11.3 Å². The first-order valence-corrected chi connectivity index (χ1v) is 6.89. The van der Waals surface area contributed by atoms with Crippen LogP contribution in [0.1, 0.15) is 31.7 Å². The molecule has 1 rings (SSSR count). The third-order valence-corrected chi connectivity index (χ3v) is 4.05. The molecule has 4 heteroatoms. The van der Waals surface area contributed by atoms with Crippen molar-refractivity contribution in [2.45, 2.75) is 32.9 Å². The van der Waals surface area contributed by atoms with Crippen molar-refractivity contribution in [2.75, 3.05) is 13.2 Å². The topological polar surface area (TPSA) is 21.3 Å². The summed E-state index contributed by atoms with van der Waals surface area (Å²) >= 11 is 5.24. The van der Waals surface area contributed by atoms with E-state index < -0.39 is 0 Å². The van der Waals surface area contributed by atoms with Crippen LogP contribution in [-0.4, -0.2) is 19.3 Å². The van der Waals surface area contributed by atoms with Crippen LogP contribution in [0.4, 0.5) is 0 Å². The monoisotopic (exact) mass is 291 g/mol. The summed E-state index contributed by atoms with van der Waals surface area (Å²) < 4.78 is 6.63. The van der Waals surface area contributed by atoms with Crippen molar-refractivity contribution in [1.82, 2.24) is 5.32 Å². The van der Waals surface area contributed by atoms with E-state index in [9.17, 15) is 0 Å². The SMILES string of the molecule is CCOC(C)CNC(C)c1cc(Br)cs1. The van der Waals surface area contributed by atoms with E-state index in [0.29, 0.717) is 6.04 Å². The minimum Gasteiger partial charge on any atom is -0.377 e. The van der Waals surface area contributed by atoms with Crippen LogP contribution in [-0.2, 0) is 4.74 Å². The second-order valence-electron chi connectivity index (χ2n) is 3.56. The molecule has 0 aliphatic rings. The zero-order chi connectivity index (χ0) is 11.3. The van der Waals surface area contributed by atoms with E-state index in [-0.39, 0.29) is 6.10 Å². The molecular weight excluding hydrogens is 274 g/mol. The van der Waals surface area contributed by atoms with Gasteiger partial charge in [0.15, 0.2) is 0 Å². The molecule has 1 heterocycles. The molecule has 1 N–H and O–H groups in total. The normalized spacial score (nSPS) is 15.2. The smallest absolute Gasteiger partial charge is 0.0671 e. The van der Waals surface area contributed by atoms with Gasteiger partial charge in [0.05, 0.1) is 6.10 Å². The van der Waals surface area contributed by atoms with Crippen molar-refractivity contribution in [1.29, 1.82) is 0 Å². The maximum absolute atomic E-state index is 5.46. The molecule has 2 nitrogen and oxygen atoms in total. The van der Waals surface area contributed by atoms with Crippen LogP contribution in [0.5, 0.6) is 0 Å². The highest BCUT2D eigenvalue weighted by Crippen LogP contribution is 2.25. The molecule has 2 unspecified atom stereocenters. The van der Waals surface area contributed by atoms with Gasteiger partial charge in [-0.25, -0.2) is 0 Å². The number of hydrogen-bond acceptors (Lipinski definition) is 3. The maximum atomic E-state index is 5.46. The summed E-state index contributed by atoms with van der Waals surface area (Å²) in [5, 5.41) is 5.57. The molecule has 2 atom stereocenters. The minimum absolute atomic E-state index is 0.279. The molecule has 0 fully saturated rings. The van der Waals surface area contributed by atoms with Crippen molar-refractivity contribution >= 4 is 27.3 Å². The molecule has 1 aromatic heterocycles. The fourth-order valence-electron chi connectivity index (χ4n) is 1.34. The summed E-state index contributed by atoms with van der Waals surface area (Å²) in [6, 6.07) is 2.55. The summed E-state index contributed by atoms with van der Waals surface area (Å²) in [6.07, 6.45) is 0.279. The van der Waals surface area contributed by atoms with E-state index in [1.165, 1.54) is 4.88 Å². The number of rotatable bonds is 6. The first-order valence-electron chi connectivity index (χ1n) is 5.22. The highest BCUT2D eigenvalue weighted by Gasteiger charge is 2.09. The Labute approximate surface area is 104 Å². The molecule has 86 valence electrons. The Kier molecular flexibility index (Phi) is 5.82. The van der Waals surface area contributed by atoms with Gasteiger partial charge in [0.1, 0.15) is 0 Å². The van der Waals surface area contributed by atoms with Gasteiger partial charge in [0.2, 0.25) is 0 Å². The van der Waals surface area contributed by atoms with Gasteiger partial charge in [-0.3, -0.25) is 0 Å². The average molecular weight is 292 g/mol. The van der Waals surface area contributed by atoms with Gasteiger partial charge in [0, 0.05) is 33.9 Å². The van der Waals surface area contributed by atoms with E-state index in [2.05, 4.69) is 46.5 Å². The number of ether oxygens (including phenoxy) is 1. The molecule has 1 aromatic rings. The van der Waals surface area contributed by atoms with E-state index in [1.807, 2.05) is 6.92 Å². The molecule has 0 bridgehead atoms. The van der Waals surface area contributed by atoms with Crippen LogP contribution < -0.4 is 5.32 Å². The molecule has 0 radical (unpaired) electrons. The van der Waals surface area contributed by atoms with Crippen molar-refractivity contribution in [2.24, 2.45) is 0 Å². The second-order valence-corrected chi connectivity index (χ2v) is 5.42. The van der Waals surface area contributed by atoms with Gasteiger partial charge in [0.25, 0.3) is 0 Å². The molecular formula is C11H18BrNOS. The molecule has 0 saturated heterocycles. The zero-order valence-electron chi connectivity index (χ0n) is 9.42. The van der Waals surface area contributed by atoms with Gasteiger partial charge in [-0.15, -0.1) is 11.3 Å². The first-order chi connectivity index (χ1) is 7.13. The third-order valence-electron chi connectivity index (χ3n) is 2.18. The van der Waals surface area contributed by atoms with Crippen LogP contribution >= 0.6 is 27.3 Å². The largest absolute Gasteiger partial charge is 0.377 e. The Bertz CT molecular complexity index is 290. The van der Waals surface area contributed by atoms with E-state index in [4.69, 9.17) is 4.74 Å². The lowest BCUT2D eigenvalue weighted by Gasteiger charge is -2.16.